The molecule has 10 nitrogen and oxygen atoms in total. The van der Waals surface area contributed by atoms with Gasteiger partial charge in [-0.25, -0.2) is 19.8 Å². The van der Waals surface area contributed by atoms with Crippen LogP contribution in [0.25, 0.3) is 6.08 Å². The number of carbonyl (C=O) groups is 1. The van der Waals surface area contributed by atoms with E-state index >= 15 is 0 Å². The van der Waals surface area contributed by atoms with Crippen molar-refractivity contribution in [1.82, 2.24) is 14.5 Å². The molecule has 0 unspecified atom stereocenters. The van der Waals surface area contributed by atoms with Gasteiger partial charge in [-0.15, -0.1) is 0 Å². The predicted octanol–water partition coefficient (Wildman–Crippen LogP) is 4.81. The lowest BCUT2D eigenvalue weighted by Crippen LogP contribution is -2.40. The Morgan fingerprint density at radius 3 is 2.67 bits per heavy atom. The lowest BCUT2D eigenvalue weighted by atomic mass is 9.94. The van der Waals surface area contributed by atoms with Crippen molar-refractivity contribution in [1.29, 1.82) is 0 Å². The highest BCUT2D eigenvalue weighted by atomic mass is 79.9. The molecule has 13 heteroatoms. The number of halogens is 1. The van der Waals surface area contributed by atoms with Crippen molar-refractivity contribution < 1.29 is 23.4 Å². The van der Waals surface area contributed by atoms with E-state index in [0.29, 0.717) is 52.6 Å². The molecule has 0 aliphatic carbocycles. The first-order valence-electron chi connectivity index (χ1n) is 12.8. The number of fused-ring (bicyclic) bond motifs is 1. The van der Waals surface area contributed by atoms with Gasteiger partial charge >= 0.3 is 5.97 Å². The van der Waals surface area contributed by atoms with Crippen LogP contribution in [0, 0.1) is 6.92 Å². The lowest BCUT2D eigenvalue weighted by Gasteiger charge is -2.26. The van der Waals surface area contributed by atoms with Crippen molar-refractivity contribution in [2.75, 3.05) is 14.2 Å². The molecule has 1 atom stereocenters. The molecule has 0 radical (unpaired) electrons. The number of hydrogen-bond acceptors (Lipinski definition) is 11. The smallest absolute Gasteiger partial charge is 0.338 e. The monoisotopic (exact) mass is 670 g/mol. The normalized spacial score (nSPS) is 15.0. The fourth-order valence-electron chi connectivity index (χ4n) is 4.40. The first kappa shape index (κ1) is 29.8. The number of methoxy groups -OCH3 is 2. The van der Waals surface area contributed by atoms with E-state index in [1.165, 1.54) is 34.8 Å². The van der Waals surface area contributed by atoms with E-state index in [1.807, 2.05) is 13.0 Å². The zero-order valence-electron chi connectivity index (χ0n) is 23.6. The fourth-order valence-corrected chi connectivity index (χ4v) is 6.74. The summed E-state index contributed by atoms with van der Waals surface area (Å²) < 4.78 is 25.3. The molecule has 0 N–H and O–H groups in total. The molecule has 0 fully saturated rings. The molecule has 0 amide bonds. The van der Waals surface area contributed by atoms with Gasteiger partial charge in [0.05, 0.1) is 40.6 Å². The van der Waals surface area contributed by atoms with Crippen molar-refractivity contribution in [2.24, 2.45) is 4.99 Å². The maximum atomic E-state index is 14.0. The highest BCUT2D eigenvalue weighted by molar-refractivity contribution is 9.10. The molecule has 0 saturated carbocycles. The second kappa shape index (κ2) is 12.3. The fraction of sp³-hybridized carbons (Fsp3) is 0.276. The van der Waals surface area contributed by atoms with E-state index in [0.717, 1.165) is 5.69 Å². The summed E-state index contributed by atoms with van der Waals surface area (Å²) in [5, 5.41) is 1.09. The molecule has 0 bridgehead atoms. The van der Waals surface area contributed by atoms with E-state index in [2.05, 4.69) is 30.9 Å². The van der Waals surface area contributed by atoms with Crippen molar-refractivity contribution in [2.45, 2.75) is 50.1 Å². The zero-order chi connectivity index (χ0) is 30.1. The third kappa shape index (κ3) is 5.94. The Hall–Kier alpha value is -3.68. The van der Waals surface area contributed by atoms with Crippen molar-refractivity contribution in [3.63, 3.8) is 0 Å². The Morgan fingerprint density at radius 1 is 1.19 bits per heavy atom. The van der Waals surface area contributed by atoms with Crippen LogP contribution in [0.2, 0.25) is 0 Å². The van der Waals surface area contributed by atoms with Gasteiger partial charge < -0.3 is 18.6 Å². The van der Waals surface area contributed by atoms with E-state index < -0.39 is 12.0 Å². The van der Waals surface area contributed by atoms with E-state index in [-0.39, 0.29) is 17.2 Å². The molecule has 42 heavy (non-hydrogen) atoms. The first-order valence-corrected chi connectivity index (χ1v) is 15.2. The average molecular weight is 672 g/mol. The minimum Gasteiger partial charge on any atom is -0.497 e. The Morgan fingerprint density at radius 2 is 1.98 bits per heavy atom. The maximum absolute atomic E-state index is 14.0. The molecular weight excluding hydrogens is 644 g/mol. The number of thiazole rings is 1. The minimum absolute atomic E-state index is 0.242. The maximum Gasteiger partial charge on any atom is 0.338 e. The van der Waals surface area contributed by atoms with Gasteiger partial charge in [0.25, 0.3) is 5.56 Å². The largest absolute Gasteiger partial charge is 0.497 e. The molecule has 3 aromatic heterocycles. The quantitative estimate of drug-likeness (QED) is 0.192. The van der Waals surface area contributed by atoms with Crippen LogP contribution in [-0.4, -0.2) is 40.8 Å². The Bertz CT molecular complexity index is 1890. The van der Waals surface area contributed by atoms with Crippen LogP contribution in [0.1, 0.15) is 43.8 Å². The molecule has 1 aliphatic heterocycles. The minimum atomic E-state index is -0.868. The van der Waals surface area contributed by atoms with Crippen LogP contribution in [0.5, 0.6) is 11.5 Å². The Balaban J connectivity index is 1.65. The number of aryl methyl sites for hydroxylation is 1. The van der Waals surface area contributed by atoms with Crippen LogP contribution < -0.4 is 24.4 Å². The summed E-state index contributed by atoms with van der Waals surface area (Å²) in [6, 6.07) is 7.96. The second-order valence-electron chi connectivity index (χ2n) is 9.51. The molecule has 1 aliphatic rings. The van der Waals surface area contributed by atoms with Crippen LogP contribution >= 0.6 is 39.0 Å². The van der Waals surface area contributed by atoms with Crippen LogP contribution in [0.15, 0.2) is 76.7 Å². The SMILES string of the molecule is COc1ccc(OC)c([C@@H]2C(C(=O)OC(C)C)=C(C)N=c3s/c(=C\c4cc(Br)c(Sc5nccc(C)n5)o4)c(=O)n32)c1. The van der Waals surface area contributed by atoms with Gasteiger partial charge in [-0.2, -0.15) is 0 Å². The lowest BCUT2D eigenvalue weighted by molar-refractivity contribution is -0.143. The standard InChI is InChI=1S/C29H27BrN4O6S2/c1-14(2)39-26(36)23-16(4)33-29-34(24(23)19-11-17(37-5)7-8-21(19)38-6)25(35)22(41-29)13-18-12-20(30)27(40-18)42-28-31-10-9-15(3)32-28/h7-14,24H,1-6H3/b22-13-/t24-/m1/s1. The Kier molecular flexibility index (Phi) is 8.71. The van der Waals surface area contributed by atoms with E-state index in [9.17, 15) is 9.59 Å². The van der Waals surface area contributed by atoms with Crippen molar-refractivity contribution in [3.05, 3.63) is 89.0 Å². The Labute approximate surface area is 257 Å². The number of furan rings is 1. The molecule has 1 aromatic carbocycles. The van der Waals surface area contributed by atoms with Crippen LogP contribution in [0.3, 0.4) is 0 Å². The average Bonchev–Trinajstić information content (AvgIpc) is 3.44. The summed E-state index contributed by atoms with van der Waals surface area (Å²) in [6.45, 7) is 7.15. The summed E-state index contributed by atoms with van der Waals surface area (Å²) in [5.41, 5.74) is 1.74. The number of rotatable bonds is 8. The van der Waals surface area contributed by atoms with Gasteiger partial charge in [0.15, 0.2) is 15.1 Å². The predicted molar refractivity (Wildman–Crippen MR) is 162 cm³/mol. The number of hydrogen-bond donors (Lipinski definition) is 0. The number of allylic oxidation sites excluding steroid dienone is 1. The molecule has 0 spiro atoms. The first-order chi connectivity index (χ1) is 20.1. The number of nitrogens with zero attached hydrogens (tertiary/aromatic N) is 4. The topological polar surface area (TPSA) is 118 Å². The van der Waals surface area contributed by atoms with Crippen molar-refractivity contribution in [3.8, 4) is 11.5 Å². The number of ether oxygens (including phenoxy) is 3. The summed E-state index contributed by atoms with van der Waals surface area (Å²) in [6.07, 6.45) is 2.97. The summed E-state index contributed by atoms with van der Waals surface area (Å²) in [5.74, 6) is 0.912. The van der Waals surface area contributed by atoms with Gasteiger partial charge in [-0.05, 0) is 85.7 Å². The number of esters is 1. The van der Waals surface area contributed by atoms with Crippen LogP contribution in [-0.2, 0) is 9.53 Å². The number of carbonyl (C=O) groups excluding carboxylic acids is 1. The second-order valence-corrected chi connectivity index (χ2v) is 12.3. The van der Waals surface area contributed by atoms with Gasteiger partial charge in [-0.1, -0.05) is 11.3 Å². The van der Waals surface area contributed by atoms with Gasteiger partial charge in [0, 0.05) is 23.5 Å². The van der Waals surface area contributed by atoms with Gasteiger partial charge in [0.2, 0.25) is 0 Å². The zero-order valence-corrected chi connectivity index (χ0v) is 26.8. The number of aromatic nitrogens is 3. The molecule has 4 aromatic rings. The van der Waals surface area contributed by atoms with Gasteiger partial charge in [-0.3, -0.25) is 9.36 Å². The highest BCUT2D eigenvalue weighted by Crippen LogP contribution is 2.38. The van der Waals surface area contributed by atoms with Crippen molar-refractivity contribution >= 4 is 51.1 Å². The molecule has 218 valence electrons. The molecular formula is C29H27BrN4O6S2. The van der Waals surface area contributed by atoms with Crippen LogP contribution in [0.4, 0.5) is 0 Å². The third-order valence-electron chi connectivity index (χ3n) is 6.22. The van der Waals surface area contributed by atoms with E-state index in [4.69, 9.17) is 18.6 Å². The van der Waals surface area contributed by atoms with Gasteiger partial charge in [0.1, 0.15) is 23.3 Å². The summed E-state index contributed by atoms with van der Waals surface area (Å²) >= 11 is 5.99. The number of benzene rings is 1. The highest BCUT2D eigenvalue weighted by Gasteiger charge is 2.36. The summed E-state index contributed by atoms with van der Waals surface area (Å²) in [4.78, 5) is 41.2. The molecule has 5 rings (SSSR count). The third-order valence-corrected chi connectivity index (χ3v) is 8.92. The molecule has 4 heterocycles. The summed E-state index contributed by atoms with van der Waals surface area (Å²) in [7, 11) is 3.08. The van der Waals surface area contributed by atoms with E-state index in [1.54, 1.807) is 64.4 Å². The molecule has 0 saturated heterocycles.